The third kappa shape index (κ3) is 2.90. The average molecular weight is 313 g/mol. The molecule has 0 radical (unpaired) electrons. The van der Waals surface area contributed by atoms with Gasteiger partial charge in [0.25, 0.3) is 0 Å². The van der Waals surface area contributed by atoms with Gasteiger partial charge in [-0.15, -0.1) is 0 Å². The van der Waals surface area contributed by atoms with Gasteiger partial charge in [0.2, 0.25) is 0 Å². The number of nitrogens with one attached hydrogen (secondary N) is 1. The van der Waals surface area contributed by atoms with Crippen molar-refractivity contribution in [1.29, 1.82) is 0 Å². The van der Waals surface area contributed by atoms with Crippen LogP contribution >= 0.6 is 0 Å². The summed E-state index contributed by atoms with van der Waals surface area (Å²) in [7, 11) is 1.35. The number of benzene rings is 2. The number of rotatable bonds is 4. The van der Waals surface area contributed by atoms with E-state index in [0.29, 0.717) is 16.9 Å². The molecule has 1 heterocycles. The van der Waals surface area contributed by atoms with E-state index in [1.165, 1.54) is 13.2 Å². The molecule has 0 atom stereocenters. The number of methoxy groups -OCH3 is 1. The molecule has 4 nitrogen and oxygen atoms in total. The van der Waals surface area contributed by atoms with E-state index in [9.17, 15) is 9.18 Å². The Kier molecular flexibility index (Phi) is 4.02. The zero-order chi connectivity index (χ0) is 16.4. The van der Waals surface area contributed by atoms with Gasteiger partial charge in [-0.25, -0.2) is 9.18 Å². The largest absolute Gasteiger partial charge is 0.489 e. The Morgan fingerprint density at radius 2 is 2.00 bits per heavy atom. The number of halogens is 1. The Labute approximate surface area is 132 Å². The molecule has 1 N–H and O–H groups in total. The lowest BCUT2D eigenvalue weighted by Crippen LogP contribution is -2.02. The molecule has 3 aromatic rings. The highest BCUT2D eigenvalue weighted by Crippen LogP contribution is 2.27. The lowest BCUT2D eigenvalue weighted by molar-refractivity contribution is 0.0602. The van der Waals surface area contributed by atoms with Gasteiger partial charge in [0.05, 0.1) is 12.7 Å². The SMILES string of the molecule is COC(=O)c1c(C)[nH]c2ccc(OCc3ccccc3F)cc12. The zero-order valence-electron chi connectivity index (χ0n) is 12.9. The molecule has 0 fully saturated rings. The van der Waals surface area contributed by atoms with Crippen molar-refractivity contribution in [3.8, 4) is 5.75 Å². The minimum absolute atomic E-state index is 0.120. The minimum atomic E-state index is -0.403. The van der Waals surface area contributed by atoms with Gasteiger partial charge in [-0.3, -0.25) is 0 Å². The highest BCUT2D eigenvalue weighted by molar-refractivity contribution is 6.05. The number of ether oxygens (including phenoxy) is 2. The van der Waals surface area contributed by atoms with Gasteiger partial charge in [0.1, 0.15) is 18.2 Å². The fraction of sp³-hybridized carbons (Fsp3) is 0.167. The predicted octanol–water partition coefficient (Wildman–Crippen LogP) is 3.98. The molecule has 3 rings (SSSR count). The molecule has 0 amide bonds. The normalized spacial score (nSPS) is 10.7. The Bertz CT molecular complexity index is 870. The number of aromatic amines is 1. The summed E-state index contributed by atoms with van der Waals surface area (Å²) in [6.45, 7) is 1.93. The van der Waals surface area contributed by atoms with Gasteiger partial charge in [-0.2, -0.15) is 0 Å². The van der Waals surface area contributed by atoms with Crippen molar-refractivity contribution < 1.29 is 18.7 Å². The topological polar surface area (TPSA) is 51.3 Å². The highest BCUT2D eigenvalue weighted by Gasteiger charge is 2.17. The number of carbonyl (C=O) groups is 1. The molecule has 2 aromatic carbocycles. The number of fused-ring (bicyclic) bond motifs is 1. The summed E-state index contributed by atoms with van der Waals surface area (Å²) in [6, 6.07) is 11.8. The lowest BCUT2D eigenvalue weighted by Gasteiger charge is -2.07. The summed E-state index contributed by atoms with van der Waals surface area (Å²) in [4.78, 5) is 15.0. The van der Waals surface area contributed by atoms with Crippen molar-refractivity contribution in [2.45, 2.75) is 13.5 Å². The van der Waals surface area contributed by atoms with Crippen molar-refractivity contribution >= 4 is 16.9 Å². The quantitative estimate of drug-likeness (QED) is 0.741. The predicted molar refractivity (Wildman–Crippen MR) is 85.1 cm³/mol. The fourth-order valence-corrected chi connectivity index (χ4v) is 2.54. The number of hydrogen-bond acceptors (Lipinski definition) is 3. The summed E-state index contributed by atoms with van der Waals surface area (Å²) in [5.74, 6) is -0.147. The van der Waals surface area contributed by atoms with Crippen LogP contribution < -0.4 is 4.74 Å². The minimum Gasteiger partial charge on any atom is -0.489 e. The maximum atomic E-state index is 13.6. The first-order valence-corrected chi connectivity index (χ1v) is 7.17. The van der Waals surface area contributed by atoms with Crippen LogP contribution in [-0.2, 0) is 11.3 Å². The number of carbonyl (C=O) groups excluding carboxylic acids is 1. The van der Waals surface area contributed by atoms with Gasteiger partial charge in [0.15, 0.2) is 0 Å². The highest BCUT2D eigenvalue weighted by atomic mass is 19.1. The standard InChI is InChI=1S/C18H16FNO3/c1-11-17(18(21)22-2)14-9-13(7-8-16(14)20-11)23-10-12-5-3-4-6-15(12)19/h3-9,20H,10H2,1-2H3. The van der Waals surface area contributed by atoms with Crippen molar-refractivity contribution in [3.63, 3.8) is 0 Å². The van der Waals surface area contributed by atoms with Crippen LogP contribution in [0, 0.1) is 12.7 Å². The summed E-state index contributed by atoms with van der Waals surface area (Å²) >= 11 is 0. The number of aryl methyl sites for hydroxylation is 1. The summed E-state index contributed by atoms with van der Waals surface area (Å²) in [5.41, 5.74) is 2.52. The second-order valence-corrected chi connectivity index (χ2v) is 5.20. The summed E-state index contributed by atoms with van der Waals surface area (Å²) in [5, 5.41) is 0.723. The fourth-order valence-electron chi connectivity index (χ4n) is 2.54. The molecule has 0 saturated carbocycles. The number of hydrogen-bond donors (Lipinski definition) is 1. The van der Waals surface area contributed by atoms with E-state index in [1.807, 2.05) is 13.0 Å². The number of esters is 1. The van der Waals surface area contributed by atoms with Crippen LogP contribution in [0.3, 0.4) is 0 Å². The maximum absolute atomic E-state index is 13.6. The molecule has 0 aliphatic rings. The van der Waals surface area contributed by atoms with E-state index in [1.54, 1.807) is 30.3 Å². The molecule has 0 bridgehead atoms. The summed E-state index contributed by atoms with van der Waals surface area (Å²) < 4.78 is 24.1. The van der Waals surface area contributed by atoms with Crippen LogP contribution in [0.5, 0.6) is 5.75 Å². The lowest BCUT2D eigenvalue weighted by atomic mass is 10.1. The van der Waals surface area contributed by atoms with Gasteiger partial charge < -0.3 is 14.5 Å². The Morgan fingerprint density at radius 3 is 2.74 bits per heavy atom. The molecule has 23 heavy (non-hydrogen) atoms. The van der Waals surface area contributed by atoms with Crippen LogP contribution in [-0.4, -0.2) is 18.1 Å². The molecule has 118 valence electrons. The molecule has 0 aliphatic carbocycles. The first-order valence-electron chi connectivity index (χ1n) is 7.17. The van der Waals surface area contributed by atoms with Gasteiger partial charge in [-0.1, -0.05) is 18.2 Å². The van der Waals surface area contributed by atoms with Crippen molar-refractivity contribution in [1.82, 2.24) is 4.98 Å². The van der Waals surface area contributed by atoms with Crippen LogP contribution in [0.25, 0.3) is 10.9 Å². The molecule has 0 aliphatic heterocycles. The second kappa shape index (κ2) is 6.12. The molecule has 1 aromatic heterocycles. The van der Waals surface area contributed by atoms with E-state index in [4.69, 9.17) is 9.47 Å². The maximum Gasteiger partial charge on any atom is 0.340 e. The first-order chi connectivity index (χ1) is 11.1. The zero-order valence-corrected chi connectivity index (χ0v) is 12.9. The van der Waals surface area contributed by atoms with Crippen molar-refractivity contribution in [2.24, 2.45) is 0 Å². The second-order valence-electron chi connectivity index (χ2n) is 5.20. The number of H-pyrrole nitrogens is 1. The first kappa shape index (κ1) is 15.1. The molecule has 0 unspecified atom stereocenters. The Morgan fingerprint density at radius 1 is 1.22 bits per heavy atom. The van der Waals surface area contributed by atoms with Crippen LogP contribution in [0.2, 0.25) is 0 Å². The third-order valence-electron chi connectivity index (χ3n) is 3.70. The van der Waals surface area contributed by atoms with E-state index >= 15 is 0 Å². The van der Waals surface area contributed by atoms with Gasteiger partial charge in [-0.05, 0) is 31.2 Å². The van der Waals surface area contributed by atoms with Gasteiger partial charge >= 0.3 is 5.97 Å². The Balaban J connectivity index is 1.90. The van der Waals surface area contributed by atoms with Crippen LogP contribution in [0.4, 0.5) is 4.39 Å². The third-order valence-corrected chi connectivity index (χ3v) is 3.70. The van der Waals surface area contributed by atoms with E-state index in [2.05, 4.69) is 4.98 Å². The van der Waals surface area contributed by atoms with Crippen molar-refractivity contribution in [2.75, 3.05) is 7.11 Å². The van der Waals surface area contributed by atoms with E-state index in [-0.39, 0.29) is 12.4 Å². The molecule has 0 saturated heterocycles. The van der Waals surface area contributed by atoms with Gasteiger partial charge in [0, 0.05) is 22.2 Å². The van der Waals surface area contributed by atoms with E-state index in [0.717, 1.165) is 16.6 Å². The monoisotopic (exact) mass is 313 g/mol. The molecule has 0 spiro atoms. The molecular formula is C18H16FNO3. The summed E-state index contributed by atoms with van der Waals surface area (Å²) in [6.07, 6.45) is 0. The average Bonchev–Trinajstić information content (AvgIpc) is 2.88. The van der Waals surface area contributed by atoms with Crippen LogP contribution in [0.15, 0.2) is 42.5 Å². The van der Waals surface area contributed by atoms with E-state index < -0.39 is 5.97 Å². The number of aromatic nitrogens is 1. The smallest absolute Gasteiger partial charge is 0.340 e. The molecule has 5 heteroatoms. The molecular weight excluding hydrogens is 297 g/mol. The van der Waals surface area contributed by atoms with Crippen molar-refractivity contribution in [3.05, 3.63) is 65.1 Å². The Hall–Kier alpha value is -2.82. The van der Waals surface area contributed by atoms with Crippen LogP contribution in [0.1, 0.15) is 21.6 Å².